The van der Waals surface area contributed by atoms with Gasteiger partial charge in [-0.25, -0.2) is 9.20 Å². The van der Waals surface area contributed by atoms with E-state index in [1.54, 1.807) is 16.6 Å². The largest absolute Gasteiger partial charge is 0.492 e. The molecule has 1 aliphatic rings. The number of amides is 1. The van der Waals surface area contributed by atoms with Crippen LogP contribution in [0.25, 0.3) is 28.0 Å². The van der Waals surface area contributed by atoms with Crippen LogP contribution >= 0.6 is 0 Å². The molecule has 34 heavy (non-hydrogen) atoms. The van der Waals surface area contributed by atoms with E-state index in [0.29, 0.717) is 31.0 Å². The van der Waals surface area contributed by atoms with Crippen LogP contribution < -0.4 is 10.3 Å². The smallest absolute Gasteiger partial charge is 0.267 e. The molecule has 0 spiro atoms. The minimum absolute atomic E-state index is 0.0679. The molecule has 0 bridgehead atoms. The van der Waals surface area contributed by atoms with Crippen molar-refractivity contribution in [2.45, 2.75) is 32.7 Å². The number of carbonyl (C=O) groups excluding carboxylic acids is 1. The zero-order valence-electron chi connectivity index (χ0n) is 19.3. The van der Waals surface area contributed by atoms with E-state index in [1.165, 1.54) is 4.68 Å². The van der Waals surface area contributed by atoms with Crippen LogP contribution in [0.15, 0.2) is 65.6 Å². The highest BCUT2D eigenvalue weighted by atomic mass is 16.5. The molecule has 0 aliphatic carbocycles. The van der Waals surface area contributed by atoms with Crippen molar-refractivity contribution < 1.29 is 9.53 Å². The Kier molecular flexibility index (Phi) is 5.88. The molecule has 1 fully saturated rings. The predicted molar refractivity (Wildman–Crippen MR) is 130 cm³/mol. The minimum atomic E-state index is -0.142. The lowest BCUT2D eigenvalue weighted by Crippen LogP contribution is -2.29. The van der Waals surface area contributed by atoms with Gasteiger partial charge in [-0.05, 0) is 32.4 Å². The number of hydrogen-bond acceptors (Lipinski definition) is 5. The number of carbonyl (C=O) groups is 1. The molecule has 8 nitrogen and oxygen atoms in total. The van der Waals surface area contributed by atoms with E-state index in [-0.39, 0.29) is 17.5 Å². The van der Waals surface area contributed by atoms with E-state index in [2.05, 4.69) is 5.10 Å². The Bertz CT molecular complexity index is 1390. The third-order valence-electron chi connectivity index (χ3n) is 6.03. The van der Waals surface area contributed by atoms with Gasteiger partial charge in [0.25, 0.3) is 5.56 Å². The number of aromatic nitrogens is 4. The van der Waals surface area contributed by atoms with Gasteiger partial charge in [0.2, 0.25) is 5.91 Å². The summed E-state index contributed by atoms with van der Waals surface area (Å²) in [5.74, 6) is 0.882. The van der Waals surface area contributed by atoms with Gasteiger partial charge >= 0.3 is 0 Å². The van der Waals surface area contributed by atoms with Gasteiger partial charge in [-0.2, -0.15) is 10.2 Å². The molecule has 0 radical (unpaired) electrons. The summed E-state index contributed by atoms with van der Waals surface area (Å²) in [6.07, 6.45) is 3.40. The molecule has 8 heteroatoms. The van der Waals surface area contributed by atoms with Crippen LogP contribution in [0.4, 0.5) is 0 Å². The zero-order chi connectivity index (χ0) is 23.7. The summed E-state index contributed by atoms with van der Waals surface area (Å²) < 4.78 is 9.29. The fourth-order valence-electron chi connectivity index (χ4n) is 4.31. The van der Waals surface area contributed by atoms with Crippen molar-refractivity contribution in [3.05, 3.63) is 71.1 Å². The summed E-state index contributed by atoms with van der Waals surface area (Å²) in [5, 5.41) is 9.50. The Labute approximate surface area is 197 Å². The SMILES string of the molecule is CC(C)n1nc(-c2c(-c3ccccc3)nn3ccc(OCCN4CCCC4=O)cc23)ccc1=O. The van der Waals surface area contributed by atoms with Crippen LogP contribution in [-0.4, -0.2) is 49.9 Å². The fraction of sp³-hybridized carbons (Fsp3) is 0.308. The maximum Gasteiger partial charge on any atom is 0.267 e. The molecule has 4 heterocycles. The average Bonchev–Trinajstić information content (AvgIpc) is 3.43. The molecule has 4 aromatic rings. The van der Waals surface area contributed by atoms with Crippen molar-refractivity contribution in [2.24, 2.45) is 0 Å². The summed E-state index contributed by atoms with van der Waals surface area (Å²) in [5.41, 5.74) is 3.93. The standard InChI is InChI=1S/C26H27N5O3/c1-18(2)31-24(33)11-10-21(27-31)25-22-17-20(34-16-15-29-13-6-9-23(29)32)12-14-30(22)28-26(25)19-7-4-3-5-8-19/h3-5,7-8,10-12,14,17-18H,6,9,13,15-16H2,1-2H3. The predicted octanol–water partition coefficient (Wildman–Crippen LogP) is 3.81. The molecule has 1 aliphatic heterocycles. The van der Waals surface area contributed by atoms with Crippen molar-refractivity contribution in [2.75, 3.05) is 19.7 Å². The highest BCUT2D eigenvalue weighted by molar-refractivity contribution is 5.91. The number of ether oxygens (including phenoxy) is 1. The first-order valence-corrected chi connectivity index (χ1v) is 11.6. The van der Waals surface area contributed by atoms with E-state index in [9.17, 15) is 9.59 Å². The van der Waals surface area contributed by atoms with Crippen molar-refractivity contribution >= 4 is 11.4 Å². The molecule has 1 aromatic carbocycles. The number of pyridine rings is 1. The van der Waals surface area contributed by atoms with Gasteiger partial charge in [0.15, 0.2) is 0 Å². The number of nitrogens with zero attached hydrogens (tertiary/aromatic N) is 5. The first-order valence-electron chi connectivity index (χ1n) is 11.6. The average molecular weight is 458 g/mol. The van der Waals surface area contributed by atoms with Crippen molar-refractivity contribution in [1.29, 1.82) is 0 Å². The summed E-state index contributed by atoms with van der Waals surface area (Å²) in [6.45, 7) is 5.66. The Hall–Kier alpha value is -3.94. The normalized spacial score (nSPS) is 13.9. The van der Waals surface area contributed by atoms with E-state index in [1.807, 2.05) is 67.4 Å². The van der Waals surface area contributed by atoms with Crippen molar-refractivity contribution in [3.8, 4) is 28.3 Å². The Morgan fingerprint density at radius 3 is 2.59 bits per heavy atom. The number of benzene rings is 1. The lowest BCUT2D eigenvalue weighted by Gasteiger charge is -2.15. The van der Waals surface area contributed by atoms with E-state index < -0.39 is 0 Å². The molecular formula is C26H27N5O3. The quantitative estimate of drug-likeness (QED) is 0.422. The summed E-state index contributed by atoms with van der Waals surface area (Å²) in [6, 6.07) is 17.0. The second-order valence-corrected chi connectivity index (χ2v) is 8.71. The molecule has 1 saturated heterocycles. The maximum atomic E-state index is 12.3. The minimum Gasteiger partial charge on any atom is -0.492 e. The first kappa shape index (κ1) is 21.9. The van der Waals surface area contributed by atoms with Gasteiger partial charge in [0.1, 0.15) is 18.1 Å². The number of rotatable bonds is 7. The van der Waals surface area contributed by atoms with Gasteiger partial charge in [0, 0.05) is 36.9 Å². The Morgan fingerprint density at radius 2 is 1.85 bits per heavy atom. The second-order valence-electron chi connectivity index (χ2n) is 8.71. The maximum absolute atomic E-state index is 12.3. The van der Waals surface area contributed by atoms with E-state index in [4.69, 9.17) is 9.84 Å². The molecule has 3 aromatic heterocycles. The van der Waals surface area contributed by atoms with Crippen LogP contribution in [0.2, 0.25) is 0 Å². The van der Waals surface area contributed by atoms with Gasteiger partial charge in [-0.15, -0.1) is 0 Å². The van der Waals surface area contributed by atoms with Gasteiger partial charge in [-0.3, -0.25) is 9.59 Å². The lowest BCUT2D eigenvalue weighted by molar-refractivity contribution is -0.128. The molecule has 0 saturated carbocycles. The monoisotopic (exact) mass is 457 g/mol. The van der Waals surface area contributed by atoms with Crippen molar-refractivity contribution in [1.82, 2.24) is 24.3 Å². The molecule has 0 atom stereocenters. The van der Waals surface area contributed by atoms with Crippen LogP contribution in [0, 0.1) is 0 Å². The number of likely N-dealkylation sites (tertiary alicyclic amines) is 1. The van der Waals surface area contributed by atoms with Crippen LogP contribution in [0.5, 0.6) is 5.75 Å². The molecular weight excluding hydrogens is 430 g/mol. The van der Waals surface area contributed by atoms with Gasteiger partial charge in [0.05, 0.1) is 29.4 Å². The molecule has 1 amide bonds. The zero-order valence-corrected chi connectivity index (χ0v) is 19.3. The van der Waals surface area contributed by atoms with Crippen LogP contribution in [0.3, 0.4) is 0 Å². The van der Waals surface area contributed by atoms with Gasteiger partial charge in [-0.1, -0.05) is 30.3 Å². The number of hydrogen-bond donors (Lipinski definition) is 0. The Morgan fingerprint density at radius 1 is 1.03 bits per heavy atom. The number of fused-ring (bicyclic) bond motifs is 1. The van der Waals surface area contributed by atoms with E-state index in [0.717, 1.165) is 35.3 Å². The summed E-state index contributed by atoms with van der Waals surface area (Å²) >= 11 is 0. The molecule has 5 rings (SSSR count). The summed E-state index contributed by atoms with van der Waals surface area (Å²) in [7, 11) is 0. The first-order chi connectivity index (χ1) is 16.5. The highest BCUT2D eigenvalue weighted by Gasteiger charge is 2.21. The Balaban J connectivity index is 1.56. The van der Waals surface area contributed by atoms with Crippen molar-refractivity contribution in [3.63, 3.8) is 0 Å². The van der Waals surface area contributed by atoms with E-state index >= 15 is 0 Å². The topological polar surface area (TPSA) is 81.7 Å². The molecule has 0 unspecified atom stereocenters. The lowest BCUT2D eigenvalue weighted by atomic mass is 10.0. The van der Waals surface area contributed by atoms with Gasteiger partial charge < -0.3 is 9.64 Å². The van der Waals surface area contributed by atoms with Crippen LogP contribution in [0.1, 0.15) is 32.7 Å². The fourth-order valence-corrected chi connectivity index (χ4v) is 4.31. The third kappa shape index (κ3) is 4.19. The second kappa shape index (κ2) is 9.13. The molecule has 0 N–H and O–H groups in total. The highest BCUT2D eigenvalue weighted by Crippen LogP contribution is 2.35. The molecule has 174 valence electrons. The third-order valence-corrected chi connectivity index (χ3v) is 6.03. The van der Waals surface area contributed by atoms with Crippen LogP contribution in [-0.2, 0) is 4.79 Å². The summed E-state index contributed by atoms with van der Waals surface area (Å²) in [4.78, 5) is 26.0.